The fourth-order valence-electron chi connectivity index (χ4n) is 3.27. The summed E-state index contributed by atoms with van der Waals surface area (Å²) in [6.07, 6.45) is 1.21. The number of methoxy groups -OCH3 is 1. The van der Waals surface area contributed by atoms with Gasteiger partial charge in [-0.3, -0.25) is 4.79 Å². The molecule has 10 heteroatoms. The number of sulfonamides is 1. The standard InChI is InChI=1S/C21H27N3O6S/c1-15-13-24(14-16(2)30-15)31(26,27)18-8-6-17(7-9-18)20(25)23-19-5-4-10-22-21(19)29-12-11-28-3/h4-10,15-16H,11-14H2,1-3H3,(H,23,25). The van der Waals surface area contributed by atoms with Crippen molar-refractivity contribution in [1.82, 2.24) is 9.29 Å². The molecule has 1 aliphatic rings. The van der Waals surface area contributed by atoms with Gasteiger partial charge in [-0.1, -0.05) is 0 Å². The van der Waals surface area contributed by atoms with Gasteiger partial charge in [0.1, 0.15) is 12.3 Å². The van der Waals surface area contributed by atoms with Crippen LogP contribution < -0.4 is 10.1 Å². The Kier molecular flexibility index (Phi) is 7.60. The summed E-state index contributed by atoms with van der Waals surface area (Å²) in [4.78, 5) is 16.9. The van der Waals surface area contributed by atoms with Gasteiger partial charge in [-0.2, -0.15) is 4.31 Å². The van der Waals surface area contributed by atoms with Crippen LogP contribution in [0, 0.1) is 0 Å². The minimum atomic E-state index is -3.67. The van der Waals surface area contributed by atoms with Crippen LogP contribution in [0.4, 0.5) is 5.69 Å². The van der Waals surface area contributed by atoms with Gasteiger partial charge in [0.2, 0.25) is 15.9 Å². The second-order valence-electron chi connectivity index (χ2n) is 7.26. The lowest BCUT2D eigenvalue weighted by atomic mass is 10.2. The van der Waals surface area contributed by atoms with Crippen molar-refractivity contribution in [1.29, 1.82) is 0 Å². The molecule has 9 nitrogen and oxygen atoms in total. The third-order valence-corrected chi connectivity index (χ3v) is 6.53. The highest BCUT2D eigenvalue weighted by molar-refractivity contribution is 7.89. The van der Waals surface area contributed by atoms with Gasteiger partial charge in [0.05, 0.1) is 23.7 Å². The van der Waals surface area contributed by atoms with Crippen LogP contribution in [0.2, 0.25) is 0 Å². The first kappa shape index (κ1) is 23.1. The van der Waals surface area contributed by atoms with Crippen LogP contribution in [0.5, 0.6) is 5.88 Å². The number of carbonyl (C=O) groups is 1. The minimum Gasteiger partial charge on any atom is -0.474 e. The molecule has 1 saturated heterocycles. The first-order chi connectivity index (χ1) is 14.8. The zero-order chi connectivity index (χ0) is 22.4. The molecular weight excluding hydrogens is 422 g/mol. The average molecular weight is 450 g/mol. The zero-order valence-corrected chi connectivity index (χ0v) is 18.6. The summed E-state index contributed by atoms with van der Waals surface area (Å²) in [7, 11) is -2.10. The SMILES string of the molecule is COCCOc1ncccc1NC(=O)c1ccc(S(=O)(=O)N2CC(C)OC(C)C2)cc1. The molecule has 31 heavy (non-hydrogen) atoms. The highest BCUT2D eigenvalue weighted by Crippen LogP contribution is 2.23. The van der Waals surface area contributed by atoms with Crippen molar-refractivity contribution < 1.29 is 27.4 Å². The normalized spacial score (nSPS) is 19.7. The number of carbonyl (C=O) groups excluding carboxylic acids is 1. The van der Waals surface area contributed by atoms with Gasteiger partial charge in [-0.05, 0) is 50.2 Å². The van der Waals surface area contributed by atoms with Gasteiger partial charge in [0, 0.05) is 32.0 Å². The number of hydrogen-bond acceptors (Lipinski definition) is 7. The highest BCUT2D eigenvalue weighted by Gasteiger charge is 2.32. The first-order valence-electron chi connectivity index (χ1n) is 9.95. The predicted molar refractivity (Wildman–Crippen MR) is 115 cm³/mol. The average Bonchev–Trinajstić information content (AvgIpc) is 2.74. The number of hydrogen-bond donors (Lipinski definition) is 1. The maximum Gasteiger partial charge on any atom is 0.255 e. The molecule has 1 aromatic heterocycles. The first-order valence-corrected chi connectivity index (χ1v) is 11.4. The molecule has 3 rings (SSSR count). The fraction of sp³-hybridized carbons (Fsp3) is 0.429. The van der Waals surface area contributed by atoms with Gasteiger partial charge in [-0.15, -0.1) is 0 Å². The van der Waals surface area contributed by atoms with Gasteiger partial charge in [-0.25, -0.2) is 13.4 Å². The van der Waals surface area contributed by atoms with Crippen LogP contribution in [-0.2, 0) is 19.5 Å². The number of amides is 1. The molecule has 1 aliphatic heterocycles. The Morgan fingerprint density at radius 2 is 1.84 bits per heavy atom. The molecule has 2 unspecified atom stereocenters. The topological polar surface area (TPSA) is 107 Å². The second-order valence-corrected chi connectivity index (χ2v) is 9.19. The molecule has 2 aromatic rings. The van der Waals surface area contributed by atoms with Crippen molar-refractivity contribution >= 4 is 21.6 Å². The number of aromatic nitrogens is 1. The quantitative estimate of drug-likeness (QED) is 0.616. The summed E-state index contributed by atoms with van der Waals surface area (Å²) in [6, 6.07) is 9.20. The van der Waals surface area contributed by atoms with E-state index in [1.165, 1.54) is 28.6 Å². The lowest BCUT2D eigenvalue weighted by molar-refractivity contribution is -0.0440. The summed E-state index contributed by atoms with van der Waals surface area (Å²) in [6.45, 7) is 4.96. The molecule has 0 radical (unpaired) electrons. The number of nitrogens with zero attached hydrogens (tertiary/aromatic N) is 2. The van der Waals surface area contributed by atoms with Gasteiger partial charge >= 0.3 is 0 Å². The smallest absolute Gasteiger partial charge is 0.255 e. The Morgan fingerprint density at radius 3 is 2.48 bits per heavy atom. The third-order valence-electron chi connectivity index (χ3n) is 4.69. The summed E-state index contributed by atoms with van der Waals surface area (Å²) >= 11 is 0. The summed E-state index contributed by atoms with van der Waals surface area (Å²) in [5, 5.41) is 2.74. The van der Waals surface area contributed by atoms with Gasteiger partial charge < -0.3 is 19.5 Å². The molecule has 1 fully saturated rings. The van der Waals surface area contributed by atoms with E-state index in [2.05, 4.69) is 10.3 Å². The van der Waals surface area contributed by atoms with Crippen molar-refractivity contribution in [2.24, 2.45) is 0 Å². The molecular formula is C21H27N3O6S. The van der Waals surface area contributed by atoms with Crippen molar-refractivity contribution in [3.63, 3.8) is 0 Å². The van der Waals surface area contributed by atoms with E-state index in [1.54, 1.807) is 25.4 Å². The number of nitrogens with one attached hydrogen (secondary N) is 1. The molecule has 0 aliphatic carbocycles. The largest absolute Gasteiger partial charge is 0.474 e. The highest BCUT2D eigenvalue weighted by atomic mass is 32.2. The van der Waals surface area contributed by atoms with E-state index >= 15 is 0 Å². The lowest BCUT2D eigenvalue weighted by Gasteiger charge is -2.34. The molecule has 2 atom stereocenters. The predicted octanol–water partition coefficient (Wildman–Crippen LogP) is 2.16. The van der Waals surface area contributed by atoms with Crippen LogP contribution in [0.15, 0.2) is 47.5 Å². The summed E-state index contributed by atoms with van der Waals surface area (Å²) in [5.41, 5.74) is 0.728. The number of rotatable bonds is 8. The number of morpholine rings is 1. The molecule has 1 N–H and O–H groups in total. The fourth-order valence-corrected chi connectivity index (χ4v) is 4.86. The van der Waals surface area contributed by atoms with Crippen LogP contribution in [0.3, 0.4) is 0 Å². The summed E-state index contributed by atoms with van der Waals surface area (Å²) in [5.74, 6) is -0.121. The number of pyridine rings is 1. The number of benzene rings is 1. The Bertz CT molecular complexity index is 986. The summed E-state index contributed by atoms with van der Waals surface area (Å²) < 4.78 is 43.4. The zero-order valence-electron chi connectivity index (χ0n) is 17.8. The Hall–Kier alpha value is -2.53. The Morgan fingerprint density at radius 1 is 1.16 bits per heavy atom. The number of ether oxygens (including phenoxy) is 3. The van der Waals surface area contributed by atoms with Crippen molar-refractivity contribution in [2.45, 2.75) is 31.0 Å². The second kappa shape index (κ2) is 10.2. The molecule has 0 spiro atoms. The van der Waals surface area contributed by atoms with Crippen molar-refractivity contribution in [3.8, 4) is 5.88 Å². The minimum absolute atomic E-state index is 0.135. The van der Waals surface area contributed by atoms with Gasteiger partial charge in [0.15, 0.2) is 0 Å². The molecule has 0 bridgehead atoms. The van der Waals surface area contributed by atoms with E-state index < -0.39 is 15.9 Å². The monoisotopic (exact) mass is 449 g/mol. The van der Waals surface area contributed by atoms with E-state index in [0.29, 0.717) is 37.6 Å². The third kappa shape index (κ3) is 5.79. The maximum absolute atomic E-state index is 13.0. The van der Waals surface area contributed by atoms with E-state index in [9.17, 15) is 13.2 Å². The lowest BCUT2D eigenvalue weighted by Crippen LogP contribution is -2.48. The molecule has 1 amide bonds. The van der Waals surface area contributed by atoms with Crippen molar-refractivity contribution in [3.05, 3.63) is 48.2 Å². The molecule has 2 heterocycles. The van der Waals surface area contributed by atoms with E-state index in [4.69, 9.17) is 14.2 Å². The van der Waals surface area contributed by atoms with Crippen LogP contribution in [-0.4, -0.2) is 69.2 Å². The van der Waals surface area contributed by atoms with E-state index in [-0.39, 0.29) is 23.0 Å². The maximum atomic E-state index is 13.0. The molecule has 0 saturated carbocycles. The van der Waals surface area contributed by atoms with E-state index in [1.807, 2.05) is 13.8 Å². The number of anilines is 1. The Balaban J connectivity index is 1.71. The van der Waals surface area contributed by atoms with Crippen LogP contribution in [0.1, 0.15) is 24.2 Å². The molecule has 1 aromatic carbocycles. The van der Waals surface area contributed by atoms with Crippen LogP contribution in [0.25, 0.3) is 0 Å². The van der Waals surface area contributed by atoms with Crippen molar-refractivity contribution in [2.75, 3.05) is 38.7 Å². The van der Waals surface area contributed by atoms with Crippen LogP contribution >= 0.6 is 0 Å². The van der Waals surface area contributed by atoms with E-state index in [0.717, 1.165) is 0 Å². The molecule has 168 valence electrons. The Labute approximate surface area is 182 Å². The van der Waals surface area contributed by atoms with Gasteiger partial charge in [0.25, 0.3) is 5.91 Å².